The van der Waals surface area contributed by atoms with E-state index in [0.29, 0.717) is 10.9 Å². The van der Waals surface area contributed by atoms with Crippen molar-refractivity contribution in [1.29, 1.82) is 5.26 Å². The Kier molecular flexibility index (Phi) is 6.97. The van der Waals surface area contributed by atoms with Gasteiger partial charge in [0.15, 0.2) is 0 Å². The quantitative estimate of drug-likeness (QED) is 0.276. The van der Waals surface area contributed by atoms with Crippen LogP contribution in [0.25, 0.3) is 33.3 Å². The number of rotatable bonds is 7. The Bertz CT molecular complexity index is 1910. The van der Waals surface area contributed by atoms with Crippen LogP contribution in [-0.4, -0.2) is 64.0 Å². The Morgan fingerprint density at radius 2 is 1.75 bits per heavy atom. The minimum absolute atomic E-state index is 0.211. The zero-order valence-corrected chi connectivity index (χ0v) is 24.5. The summed E-state index contributed by atoms with van der Waals surface area (Å²) in [6.45, 7) is 6.75. The van der Waals surface area contributed by atoms with Gasteiger partial charge in [-0.2, -0.15) is 5.26 Å². The number of hydroxylamine groups is 1. The van der Waals surface area contributed by atoms with E-state index in [9.17, 15) is 4.79 Å². The van der Waals surface area contributed by atoms with E-state index in [-0.39, 0.29) is 11.5 Å². The first-order valence-corrected chi connectivity index (χ1v) is 14.4. The fraction of sp³-hybridized carbons (Fsp3) is 0.235. The normalized spacial score (nSPS) is 15.4. The van der Waals surface area contributed by atoms with Crippen molar-refractivity contribution in [1.82, 2.24) is 30.3 Å². The molecule has 2 aromatic carbocycles. The summed E-state index contributed by atoms with van der Waals surface area (Å²) in [4.78, 5) is 39.8. The smallest absolute Gasteiger partial charge is 0.293 e. The molecule has 2 aliphatic rings. The van der Waals surface area contributed by atoms with Crippen LogP contribution in [0.1, 0.15) is 27.6 Å². The van der Waals surface area contributed by atoms with Gasteiger partial charge in [0.2, 0.25) is 5.82 Å². The van der Waals surface area contributed by atoms with Crippen molar-refractivity contribution in [2.75, 3.05) is 38.2 Å². The third kappa shape index (κ3) is 5.13. The number of carbonyl (C=O) groups excluding carboxylic acids is 1. The first-order valence-electron chi connectivity index (χ1n) is 14.4. The summed E-state index contributed by atoms with van der Waals surface area (Å²) in [6.07, 6.45) is 1.65. The number of aromatic nitrogens is 4. The van der Waals surface area contributed by atoms with Gasteiger partial charge in [0.05, 0.1) is 18.3 Å². The first-order chi connectivity index (χ1) is 21.4. The number of anilines is 1. The Labute approximate surface area is 254 Å². The lowest BCUT2D eigenvalue weighted by Crippen LogP contribution is -2.72. The van der Waals surface area contributed by atoms with Crippen LogP contribution in [0.3, 0.4) is 0 Å². The molecule has 7 rings (SSSR count). The summed E-state index contributed by atoms with van der Waals surface area (Å²) in [5.41, 5.74) is 9.48. The Balaban J connectivity index is 1.10. The van der Waals surface area contributed by atoms with Gasteiger partial charge in [-0.25, -0.2) is 25.4 Å². The predicted molar refractivity (Wildman–Crippen MR) is 166 cm³/mol. The highest BCUT2D eigenvalue weighted by atomic mass is 16.6. The number of likely N-dealkylation sites (tertiary alicyclic amines) is 1. The monoisotopic (exact) mass is 582 g/mol. The molecule has 3 aromatic heterocycles. The van der Waals surface area contributed by atoms with E-state index in [1.54, 1.807) is 12.3 Å². The summed E-state index contributed by atoms with van der Waals surface area (Å²) in [7, 11) is 1.40. The highest BCUT2D eigenvalue weighted by Gasteiger charge is 2.51. The van der Waals surface area contributed by atoms with Gasteiger partial charge in [-0.15, -0.1) is 0 Å². The van der Waals surface area contributed by atoms with Crippen LogP contribution in [-0.2, 0) is 11.4 Å². The van der Waals surface area contributed by atoms with Crippen LogP contribution < -0.4 is 10.4 Å². The Hall–Kier alpha value is -5.24. The largest absolute Gasteiger partial charge is 0.355 e. The number of fused-ring (bicyclic) bond motifs is 1. The first kappa shape index (κ1) is 27.6. The van der Waals surface area contributed by atoms with E-state index < -0.39 is 5.91 Å². The number of hydrogen-bond donors (Lipinski definition) is 1. The predicted octanol–water partition coefficient (Wildman–Crippen LogP) is 4.55. The van der Waals surface area contributed by atoms with Crippen LogP contribution in [0.2, 0.25) is 0 Å². The second-order valence-corrected chi connectivity index (χ2v) is 11.6. The minimum atomic E-state index is -0.415. The van der Waals surface area contributed by atoms with Crippen LogP contribution in [0.4, 0.5) is 5.82 Å². The van der Waals surface area contributed by atoms with Gasteiger partial charge in [-0.3, -0.25) is 14.5 Å². The lowest BCUT2D eigenvalue weighted by Gasteiger charge is -2.60. The Morgan fingerprint density at radius 3 is 2.48 bits per heavy atom. The molecular weight excluding hydrogens is 552 g/mol. The van der Waals surface area contributed by atoms with Gasteiger partial charge in [0.1, 0.15) is 17.6 Å². The van der Waals surface area contributed by atoms with Gasteiger partial charge in [-0.1, -0.05) is 54.6 Å². The molecule has 218 valence electrons. The molecular formula is C34H30N8O2. The van der Waals surface area contributed by atoms with Crippen molar-refractivity contribution in [3.05, 3.63) is 102 Å². The van der Waals surface area contributed by atoms with Gasteiger partial charge >= 0.3 is 0 Å². The van der Waals surface area contributed by atoms with Crippen LogP contribution in [0.15, 0.2) is 79.0 Å². The molecule has 10 heteroatoms. The number of nitrogens with zero attached hydrogens (tertiary/aromatic N) is 7. The fourth-order valence-corrected chi connectivity index (χ4v) is 6.39. The van der Waals surface area contributed by atoms with Gasteiger partial charge in [-0.05, 0) is 36.2 Å². The zero-order valence-electron chi connectivity index (χ0n) is 24.5. The standard InChI is InChI=1S/C34H30N8O2/c1-22-26-14-27(24-6-4-3-5-7-24)32(38-28(26)15-29(37-22)33(43)40-44-2)25-10-8-23(9-11-25)17-41-18-34(19-41)20-42(21-34)31-12-13-36-30(16-35)39-31/h3-15H,17-21H2,1-2H3,(H,40,43). The summed E-state index contributed by atoms with van der Waals surface area (Å²) >= 11 is 0. The number of carbonyl (C=O) groups is 1. The third-order valence-electron chi connectivity index (χ3n) is 8.38. The molecule has 1 amide bonds. The number of pyridine rings is 2. The number of benzene rings is 2. The van der Waals surface area contributed by atoms with E-state index in [4.69, 9.17) is 15.1 Å². The summed E-state index contributed by atoms with van der Waals surface area (Å²) in [5.74, 6) is 0.624. The van der Waals surface area contributed by atoms with Crippen molar-refractivity contribution in [2.24, 2.45) is 5.41 Å². The SMILES string of the molecule is CONC(=O)c1cc2nc(-c3ccc(CN4CC5(C4)CN(c4ccnc(C#N)n4)C5)cc3)c(-c3ccccc3)cc2c(C)n1. The lowest BCUT2D eigenvalue weighted by molar-refractivity contribution is -0.0276. The van der Waals surface area contributed by atoms with E-state index >= 15 is 0 Å². The molecule has 0 aliphatic carbocycles. The molecule has 0 saturated carbocycles. The Morgan fingerprint density at radius 1 is 0.977 bits per heavy atom. The molecule has 2 aliphatic heterocycles. The van der Waals surface area contributed by atoms with Crippen molar-refractivity contribution in [3.8, 4) is 28.5 Å². The molecule has 1 N–H and O–H groups in total. The maximum absolute atomic E-state index is 12.5. The fourth-order valence-electron chi connectivity index (χ4n) is 6.39. The highest BCUT2D eigenvalue weighted by Crippen LogP contribution is 2.42. The molecule has 0 unspecified atom stereocenters. The van der Waals surface area contributed by atoms with E-state index in [1.165, 1.54) is 12.7 Å². The van der Waals surface area contributed by atoms with Gasteiger partial charge < -0.3 is 4.90 Å². The molecule has 5 heterocycles. The van der Waals surface area contributed by atoms with Gasteiger partial charge in [0.25, 0.3) is 5.91 Å². The molecule has 0 bridgehead atoms. The highest BCUT2D eigenvalue weighted by molar-refractivity contribution is 5.98. The average Bonchev–Trinajstić information content (AvgIpc) is 3.02. The van der Waals surface area contributed by atoms with E-state index in [1.807, 2.05) is 37.3 Å². The van der Waals surface area contributed by atoms with Crippen molar-refractivity contribution in [3.63, 3.8) is 0 Å². The molecule has 44 heavy (non-hydrogen) atoms. The molecule has 2 fully saturated rings. The molecule has 10 nitrogen and oxygen atoms in total. The molecule has 2 saturated heterocycles. The third-order valence-corrected chi connectivity index (χ3v) is 8.38. The van der Waals surface area contributed by atoms with Crippen molar-refractivity contribution < 1.29 is 9.63 Å². The maximum Gasteiger partial charge on any atom is 0.293 e. The number of aryl methyl sites for hydroxylation is 1. The molecule has 5 aromatic rings. The topological polar surface area (TPSA) is 120 Å². The van der Waals surface area contributed by atoms with Crippen molar-refractivity contribution >= 4 is 22.6 Å². The number of nitriles is 1. The summed E-state index contributed by atoms with van der Waals surface area (Å²) in [6, 6.07) is 26.5. The van der Waals surface area contributed by atoms with E-state index in [2.05, 4.69) is 72.7 Å². The number of amides is 1. The number of hydrogen-bond acceptors (Lipinski definition) is 9. The molecule has 0 radical (unpaired) electrons. The summed E-state index contributed by atoms with van der Waals surface area (Å²) < 4.78 is 0. The summed E-state index contributed by atoms with van der Waals surface area (Å²) in [5, 5.41) is 9.98. The second kappa shape index (κ2) is 11.1. The zero-order chi connectivity index (χ0) is 30.3. The average molecular weight is 583 g/mol. The van der Waals surface area contributed by atoms with Crippen molar-refractivity contribution in [2.45, 2.75) is 13.5 Å². The van der Waals surface area contributed by atoms with Crippen LogP contribution in [0.5, 0.6) is 0 Å². The second-order valence-electron chi connectivity index (χ2n) is 11.6. The van der Waals surface area contributed by atoms with Crippen LogP contribution >= 0.6 is 0 Å². The van der Waals surface area contributed by atoms with Gasteiger partial charge in [0, 0.05) is 66.5 Å². The number of nitrogens with one attached hydrogen (secondary N) is 1. The maximum atomic E-state index is 12.5. The lowest BCUT2D eigenvalue weighted by atomic mass is 9.72. The van der Waals surface area contributed by atoms with Crippen LogP contribution in [0, 0.1) is 23.7 Å². The molecule has 1 spiro atoms. The van der Waals surface area contributed by atoms with E-state index in [0.717, 1.165) is 72.0 Å². The molecule has 0 atom stereocenters. The minimum Gasteiger partial charge on any atom is -0.355 e.